The fourth-order valence-electron chi connectivity index (χ4n) is 3.75. The maximum Gasteiger partial charge on any atom is 0.243 e. The van der Waals surface area contributed by atoms with Gasteiger partial charge in [0.1, 0.15) is 17.8 Å². The molecule has 2 aromatic rings. The fourth-order valence-corrected chi connectivity index (χ4v) is 3.75. The third-order valence-electron chi connectivity index (χ3n) is 5.63. The maximum absolute atomic E-state index is 12.9. The molecule has 35 heavy (non-hydrogen) atoms. The Morgan fingerprint density at radius 2 is 1.71 bits per heavy atom. The van der Waals surface area contributed by atoms with Crippen molar-refractivity contribution in [1.82, 2.24) is 10.6 Å². The van der Waals surface area contributed by atoms with Gasteiger partial charge in [-0.3, -0.25) is 14.4 Å². The van der Waals surface area contributed by atoms with E-state index in [1.807, 2.05) is 18.2 Å². The molecular formula is C25H37N5O5. The highest BCUT2D eigenvalue weighted by molar-refractivity contribution is 5.93. The molecule has 3 amide bonds. The molecule has 0 fully saturated rings. The second-order valence-corrected chi connectivity index (χ2v) is 8.21. The van der Waals surface area contributed by atoms with Crippen LogP contribution in [0.1, 0.15) is 32.4 Å². The molecule has 1 aliphatic rings. The molecule has 0 unspecified atom stereocenters. The summed E-state index contributed by atoms with van der Waals surface area (Å²) in [7, 11) is 0. The van der Waals surface area contributed by atoms with Crippen molar-refractivity contribution >= 4 is 17.7 Å². The molecule has 192 valence electrons. The minimum atomic E-state index is -1.19. The van der Waals surface area contributed by atoms with E-state index in [1.54, 1.807) is 18.2 Å². The molecule has 0 spiro atoms. The Kier molecular flexibility index (Phi) is 10.8. The molecule has 10 heteroatoms. The van der Waals surface area contributed by atoms with Gasteiger partial charge in [-0.25, -0.2) is 0 Å². The zero-order chi connectivity index (χ0) is 24.1. The standard InChI is InChI=1S/C23H29N5O5.2CH4/c24-11-16(29)10-19-23(33)27-18(21(26)31)7-12-2-1-3-13(6-12)14-4-5-20(30)15(8-14)9-17(25)22(32)28-19;;/h1-6,8,16-19,29-30H,7,9-11,24-25H2,(H2,26,31)(H,27,33)(H,28,32);2*1H4/t16-,17+,18+,19+;;/m1../s1. The van der Waals surface area contributed by atoms with Crippen LogP contribution in [0.15, 0.2) is 42.5 Å². The molecule has 0 aromatic heterocycles. The van der Waals surface area contributed by atoms with Crippen LogP contribution in [0, 0.1) is 0 Å². The molecule has 2 aromatic carbocycles. The minimum absolute atomic E-state index is 0. The lowest BCUT2D eigenvalue weighted by molar-refractivity contribution is -0.132. The van der Waals surface area contributed by atoms with E-state index < -0.39 is 42.0 Å². The first kappa shape index (κ1) is 29.6. The zero-order valence-corrected chi connectivity index (χ0v) is 18.0. The van der Waals surface area contributed by atoms with Crippen LogP contribution >= 0.6 is 0 Å². The van der Waals surface area contributed by atoms with Crippen molar-refractivity contribution in [2.45, 2.75) is 58.3 Å². The van der Waals surface area contributed by atoms with E-state index in [0.29, 0.717) is 5.56 Å². The molecule has 1 heterocycles. The van der Waals surface area contributed by atoms with Crippen molar-refractivity contribution < 1.29 is 24.6 Å². The summed E-state index contributed by atoms with van der Waals surface area (Å²) in [5.41, 5.74) is 19.9. The van der Waals surface area contributed by atoms with Crippen molar-refractivity contribution in [1.29, 1.82) is 0 Å². The number of carbonyl (C=O) groups excluding carboxylic acids is 3. The van der Waals surface area contributed by atoms with E-state index in [0.717, 1.165) is 16.7 Å². The molecule has 0 aliphatic carbocycles. The van der Waals surface area contributed by atoms with Gasteiger partial charge >= 0.3 is 0 Å². The first-order chi connectivity index (χ1) is 15.7. The lowest BCUT2D eigenvalue weighted by atomic mass is 9.96. The summed E-state index contributed by atoms with van der Waals surface area (Å²) >= 11 is 0. The first-order valence-electron chi connectivity index (χ1n) is 10.6. The van der Waals surface area contributed by atoms with Crippen LogP contribution in [-0.4, -0.2) is 58.7 Å². The predicted molar refractivity (Wildman–Crippen MR) is 135 cm³/mol. The van der Waals surface area contributed by atoms with E-state index >= 15 is 0 Å². The number of hydrogen-bond donors (Lipinski definition) is 7. The van der Waals surface area contributed by atoms with Crippen LogP contribution in [-0.2, 0) is 27.2 Å². The number of benzene rings is 2. The quantitative estimate of drug-likeness (QED) is 0.313. The van der Waals surface area contributed by atoms with Gasteiger partial charge in [0.15, 0.2) is 0 Å². The molecule has 4 atom stereocenters. The lowest BCUT2D eigenvalue weighted by Crippen LogP contribution is -2.57. The summed E-state index contributed by atoms with van der Waals surface area (Å²) in [6.07, 6.45) is -1.10. The Bertz CT molecular complexity index is 1040. The van der Waals surface area contributed by atoms with Crippen molar-refractivity contribution in [3.63, 3.8) is 0 Å². The van der Waals surface area contributed by atoms with Gasteiger partial charge in [0.25, 0.3) is 0 Å². The number of phenols is 1. The molecule has 10 nitrogen and oxygen atoms in total. The number of carbonyl (C=O) groups is 3. The van der Waals surface area contributed by atoms with Gasteiger partial charge in [-0.05, 0) is 34.4 Å². The number of fused-ring (bicyclic) bond motifs is 5. The van der Waals surface area contributed by atoms with Crippen LogP contribution in [0.25, 0.3) is 11.1 Å². The average Bonchev–Trinajstić information content (AvgIpc) is 2.78. The third-order valence-corrected chi connectivity index (χ3v) is 5.63. The van der Waals surface area contributed by atoms with Gasteiger partial charge < -0.3 is 38.0 Å². The number of nitrogens with two attached hydrogens (primary N) is 3. The topological polar surface area (TPSA) is 194 Å². The zero-order valence-electron chi connectivity index (χ0n) is 18.0. The maximum atomic E-state index is 12.9. The molecule has 1 aliphatic heterocycles. The van der Waals surface area contributed by atoms with Crippen LogP contribution in [0.3, 0.4) is 0 Å². The number of aliphatic hydroxyl groups excluding tert-OH is 1. The Hall–Kier alpha value is -3.47. The van der Waals surface area contributed by atoms with Crippen molar-refractivity contribution in [2.24, 2.45) is 17.2 Å². The molecule has 4 bridgehead atoms. The van der Waals surface area contributed by atoms with E-state index in [1.165, 1.54) is 6.07 Å². The molecular weight excluding hydrogens is 450 g/mol. The number of amides is 3. The average molecular weight is 488 g/mol. The summed E-state index contributed by atoms with van der Waals surface area (Å²) in [6, 6.07) is 9.02. The molecule has 0 saturated heterocycles. The molecule has 10 N–H and O–H groups in total. The van der Waals surface area contributed by atoms with Gasteiger partial charge in [-0.2, -0.15) is 0 Å². The Balaban J connectivity index is 0.00000306. The fraction of sp³-hybridized carbons (Fsp3) is 0.400. The van der Waals surface area contributed by atoms with Crippen molar-refractivity contribution in [3.05, 3.63) is 53.6 Å². The Morgan fingerprint density at radius 3 is 2.37 bits per heavy atom. The van der Waals surface area contributed by atoms with E-state index in [4.69, 9.17) is 17.2 Å². The SMILES string of the molecule is C.C.NC[C@H](O)C[C@@H]1NC(=O)[C@@H](N)Cc2cc(ccc2O)-c2cccc(c2)C[C@@H](C(N)=O)NC1=O. The van der Waals surface area contributed by atoms with Gasteiger partial charge in [0, 0.05) is 25.8 Å². The predicted octanol–water partition coefficient (Wildman–Crippen LogP) is -0.0781. The second-order valence-electron chi connectivity index (χ2n) is 8.21. The van der Waals surface area contributed by atoms with Crippen LogP contribution < -0.4 is 27.8 Å². The Labute approximate surface area is 205 Å². The molecule has 0 saturated carbocycles. The van der Waals surface area contributed by atoms with Gasteiger partial charge in [-0.1, -0.05) is 45.2 Å². The lowest BCUT2D eigenvalue weighted by Gasteiger charge is -2.24. The molecule has 3 rings (SSSR count). The number of hydrogen-bond acceptors (Lipinski definition) is 7. The highest BCUT2D eigenvalue weighted by Gasteiger charge is 2.29. The number of nitrogens with one attached hydrogen (secondary N) is 2. The number of primary amides is 1. The third kappa shape index (κ3) is 7.51. The first-order valence-corrected chi connectivity index (χ1v) is 10.6. The second kappa shape index (κ2) is 12.8. The summed E-state index contributed by atoms with van der Waals surface area (Å²) in [5.74, 6) is -2.10. The highest BCUT2D eigenvalue weighted by atomic mass is 16.3. The smallest absolute Gasteiger partial charge is 0.243 e. The minimum Gasteiger partial charge on any atom is -0.508 e. The monoisotopic (exact) mass is 487 g/mol. The van der Waals surface area contributed by atoms with E-state index in [9.17, 15) is 24.6 Å². The Morgan fingerprint density at radius 1 is 1.03 bits per heavy atom. The van der Waals surface area contributed by atoms with Crippen molar-refractivity contribution in [2.75, 3.05) is 6.54 Å². The summed E-state index contributed by atoms with van der Waals surface area (Å²) < 4.78 is 0. The van der Waals surface area contributed by atoms with Crippen LogP contribution in [0.2, 0.25) is 0 Å². The van der Waals surface area contributed by atoms with E-state index in [-0.39, 0.29) is 46.4 Å². The highest BCUT2D eigenvalue weighted by Crippen LogP contribution is 2.28. The van der Waals surface area contributed by atoms with Gasteiger partial charge in [0.2, 0.25) is 17.7 Å². The number of aromatic hydroxyl groups is 1. The van der Waals surface area contributed by atoms with E-state index in [2.05, 4.69) is 10.6 Å². The molecule has 0 radical (unpaired) electrons. The normalized spacial score (nSPS) is 21.1. The van der Waals surface area contributed by atoms with Crippen LogP contribution in [0.5, 0.6) is 5.75 Å². The number of aliphatic hydroxyl groups is 1. The largest absolute Gasteiger partial charge is 0.508 e. The van der Waals surface area contributed by atoms with Gasteiger partial charge in [0.05, 0.1) is 12.1 Å². The van der Waals surface area contributed by atoms with Crippen molar-refractivity contribution in [3.8, 4) is 16.9 Å². The number of phenolic OH excluding ortho intramolecular Hbond substituents is 1. The number of rotatable bonds is 4. The van der Waals surface area contributed by atoms with Gasteiger partial charge in [-0.15, -0.1) is 0 Å². The summed E-state index contributed by atoms with van der Waals surface area (Å²) in [6.45, 7) is -0.127. The summed E-state index contributed by atoms with van der Waals surface area (Å²) in [5, 5.41) is 25.3. The summed E-state index contributed by atoms with van der Waals surface area (Å²) in [4.78, 5) is 37.8. The van der Waals surface area contributed by atoms with Crippen LogP contribution in [0.4, 0.5) is 0 Å².